The number of likely N-dealkylation sites (tertiary alicyclic amines) is 1. The Morgan fingerprint density at radius 1 is 1.21 bits per heavy atom. The van der Waals surface area contributed by atoms with Gasteiger partial charge in [-0.2, -0.15) is 0 Å². The number of aromatic amines is 1. The van der Waals surface area contributed by atoms with Crippen molar-refractivity contribution >= 4 is 16.9 Å². The number of carbonyl (C=O) groups is 1. The normalized spacial score (nSPS) is 25.0. The maximum Gasteiger partial charge on any atom is 0.254 e. The van der Waals surface area contributed by atoms with Gasteiger partial charge in [0.2, 0.25) is 0 Å². The summed E-state index contributed by atoms with van der Waals surface area (Å²) >= 11 is 0. The average Bonchev–Trinajstić information content (AvgIpc) is 3.17. The third-order valence-electron chi connectivity index (χ3n) is 7.73. The molecule has 3 aromatic rings. The second-order valence-corrected chi connectivity index (χ2v) is 9.18. The monoisotopic (exact) mass is 389 g/mol. The van der Waals surface area contributed by atoms with E-state index in [2.05, 4.69) is 53.8 Å². The second-order valence-electron chi connectivity index (χ2n) is 9.18. The predicted octanol–water partition coefficient (Wildman–Crippen LogP) is 4.33. The number of methoxy groups -OCH3 is 1. The molecule has 0 spiro atoms. The molecule has 29 heavy (non-hydrogen) atoms. The van der Waals surface area contributed by atoms with Crippen molar-refractivity contribution in [1.82, 2.24) is 14.9 Å². The van der Waals surface area contributed by atoms with Gasteiger partial charge in [0.1, 0.15) is 5.75 Å². The van der Waals surface area contributed by atoms with Crippen molar-refractivity contribution in [3.05, 3.63) is 59.4 Å². The van der Waals surface area contributed by atoms with Crippen LogP contribution in [0.25, 0.3) is 11.0 Å². The van der Waals surface area contributed by atoms with Crippen LogP contribution in [0.5, 0.6) is 5.75 Å². The molecule has 2 heterocycles. The van der Waals surface area contributed by atoms with E-state index in [4.69, 9.17) is 4.74 Å². The fourth-order valence-electron chi connectivity index (χ4n) is 5.52. The van der Waals surface area contributed by atoms with Crippen LogP contribution in [-0.4, -0.2) is 40.5 Å². The SMILES string of the molecule is COc1ccc2c(c1)C[C@H]1N(C(=O)c3ccc4nc[nH]c4c3)CC[C@]2(C)C1(C)C. The lowest BCUT2D eigenvalue weighted by Crippen LogP contribution is -2.64. The highest BCUT2D eigenvalue weighted by Gasteiger charge is 2.56. The summed E-state index contributed by atoms with van der Waals surface area (Å²) in [4.78, 5) is 23.0. The van der Waals surface area contributed by atoms with Crippen LogP contribution < -0.4 is 4.74 Å². The second kappa shape index (κ2) is 6.09. The lowest BCUT2D eigenvalue weighted by Gasteiger charge is -2.60. The van der Waals surface area contributed by atoms with Gasteiger partial charge in [0, 0.05) is 23.6 Å². The highest BCUT2D eigenvalue weighted by atomic mass is 16.5. The van der Waals surface area contributed by atoms with E-state index >= 15 is 0 Å². The number of hydrogen-bond acceptors (Lipinski definition) is 3. The number of amides is 1. The number of rotatable bonds is 2. The first-order valence-corrected chi connectivity index (χ1v) is 10.3. The van der Waals surface area contributed by atoms with Gasteiger partial charge in [-0.05, 0) is 59.7 Å². The van der Waals surface area contributed by atoms with Gasteiger partial charge >= 0.3 is 0 Å². The number of imidazole rings is 1. The molecule has 1 N–H and O–H groups in total. The first kappa shape index (κ1) is 18.2. The Morgan fingerprint density at radius 2 is 2.03 bits per heavy atom. The minimum absolute atomic E-state index is 0.0272. The lowest BCUT2D eigenvalue weighted by atomic mass is 9.51. The molecule has 1 aliphatic carbocycles. The quantitative estimate of drug-likeness (QED) is 0.710. The van der Waals surface area contributed by atoms with Gasteiger partial charge in [0.05, 0.1) is 24.5 Å². The molecule has 150 valence electrons. The number of aromatic nitrogens is 2. The maximum atomic E-state index is 13.6. The van der Waals surface area contributed by atoms with Crippen LogP contribution in [-0.2, 0) is 11.8 Å². The van der Waals surface area contributed by atoms with Gasteiger partial charge < -0.3 is 14.6 Å². The summed E-state index contributed by atoms with van der Waals surface area (Å²) in [5, 5.41) is 0. The van der Waals surface area contributed by atoms with Crippen molar-refractivity contribution in [2.45, 2.75) is 45.1 Å². The molecule has 5 nitrogen and oxygen atoms in total. The van der Waals surface area contributed by atoms with Crippen LogP contribution in [0.2, 0.25) is 0 Å². The molecule has 2 atom stereocenters. The summed E-state index contributed by atoms with van der Waals surface area (Å²) in [6.45, 7) is 7.78. The standard InChI is InChI=1S/C24H27N3O2/c1-23(2)21-13-16-11-17(29-4)6-7-18(16)24(23,3)9-10-27(21)22(28)15-5-8-19-20(12-15)26-14-25-19/h5-8,11-12,14,21H,9-10,13H2,1-4H3,(H,25,26)/t21-,24+/m1/s1. The number of ether oxygens (including phenoxy) is 1. The topological polar surface area (TPSA) is 58.2 Å². The summed E-state index contributed by atoms with van der Waals surface area (Å²) in [5.74, 6) is 0.987. The van der Waals surface area contributed by atoms with Gasteiger partial charge in [-0.1, -0.05) is 26.8 Å². The number of fused-ring (bicyclic) bond motifs is 5. The Morgan fingerprint density at radius 3 is 2.83 bits per heavy atom. The average molecular weight is 389 g/mol. The van der Waals surface area contributed by atoms with E-state index in [0.717, 1.165) is 41.7 Å². The lowest BCUT2D eigenvalue weighted by molar-refractivity contribution is -0.0262. The third kappa shape index (κ3) is 2.46. The third-order valence-corrected chi connectivity index (χ3v) is 7.73. The Labute approximate surface area is 171 Å². The smallest absolute Gasteiger partial charge is 0.254 e. The molecule has 0 radical (unpaired) electrons. The van der Waals surface area contributed by atoms with E-state index in [0.29, 0.717) is 0 Å². The molecule has 2 aliphatic rings. The van der Waals surface area contributed by atoms with Crippen molar-refractivity contribution < 1.29 is 9.53 Å². The zero-order chi connectivity index (χ0) is 20.4. The van der Waals surface area contributed by atoms with Crippen molar-refractivity contribution in [3.8, 4) is 5.75 Å². The van der Waals surface area contributed by atoms with E-state index < -0.39 is 0 Å². The number of hydrogen-bond donors (Lipinski definition) is 1. The first-order valence-electron chi connectivity index (χ1n) is 10.3. The molecule has 0 unspecified atom stereocenters. The van der Waals surface area contributed by atoms with Crippen molar-refractivity contribution in [3.63, 3.8) is 0 Å². The predicted molar refractivity (Wildman–Crippen MR) is 113 cm³/mol. The molecule has 5 heteroatoms. The number of H-pyrrole nitrogens is 1. The van der Waals surface area contributed by atoms with Gasteiger partial charge in [-0.15, -0.1) is 0 Å². The number of nitrogens with one attached hydrogen (secondary N) is 1. The van der Waals surface area contributed by atoms with Gasteiger partial charge in [-0.3, -0.25) is 4.79 Å². The van der Waals surface area contributed by atoms with Crippen molar-refractivity contribution in [2.24, 2.45) is 5.41 Å². The molecule has 1 fully saturated rings. The Balaban J connectivity index is 1.56. The van der Waals surface area contributed by atoms with Gasteiger partial charge in [0.25, 0.3) is 5.91 Å². The molecule has 1 saturated heterocycles. The Hall–Kier alpha value is -2.82. The van der Waals surface area contributed by atoms with Crippen LogP contribution in [0.1, 0.15) is 48.7 Å². The van der Waals surface area contributed by atoms with Crippen LogP contribution in [0.4, 0.5) is 0 Å². The maximum absolute atomic E-state index is 13.6. The summed E-state index contributed by atoms with van der Waals surface area (Å²) in [5.41, 5.74) is 5.21. The van der Waals surface area contributed by atoms with Gasteiger partial charge in [-0.25, -0.2) is 4.98 Å². The van der Waals surface area contributed by atoms with E-state index in [-0.39, 0.29) is 22.8 Å². The molecule has 5 rings (SSSR count). The zero-order valence-corrected chi connectivity index (χ0v) is 17.5. The number of piperidine rings is 1. The summed E-state index contributed by atoms with van der Waals surface area (Å²) in [6, 6.07) is 12.3. The van der Waals surface area contributed by atoms with Crippen LogP contribution in [0.15, 0.2) is 42.7 Å². The molecule has 2 bridgehead atoms. The molecule has 1 amide bonds. The van der Waals surface area contributed by atoms with E-state index in [1.165, 1.54) is 11.1 Å². The fourth-order valence-corrected chi connectivity index (χ4v) is 5.52. The molecular weight excluding hydrogens is 362 g/mol. The molecule has 1 aliphatic heterocycles. The molecule has 1 aromatic heterocycles. The summed E-state index contributed by atoms with van der Waals surface area (Å²) < 4.78 is 5.47. The summed E-state index contributed by atoms with van der Waals surface area (Å²) in [6.07, 6.45) is 3.47. The van der Waals surface area contributed by atoms with Crippen LogP contribution >= 0.6 is 0 Å². The molecule has 0 saturated carbocycles. The molecule has 2 aromatic carbocycles. The first-order chi connectivity index (χ1) is 13.8. The highest BCUT2D eigenvalue weighted by Crippen LogP contribution is 2.56. The van der Waals surface area contributed by atoms with Crippen LogP contribution in [0.3, 0.4) is 0 Å². The van der Waals surface area contributed by atoms with Crippen molar-refractivity contribution in [2.75, 3.05) is 13.7 Å². The Kier molecular flexibility index (Phi) is 3.83. The fraction of sp³-hybridized carbons (Fsp3) is 0.417. The van der Waals surface area contributed by atoms with Gasteiger partial charge in [0.15, 0.2) is 0 Å². The van der Waals surface area contributed by atoms with E-state index in [9.17, 15) is 4.79 Å². The minimum Gasteiger partial charge on any atom is -0.497 e. The van der Waals surface area contributed by atoms with Crippen molar-refractivity contribution in [1.29, 1.82) is 0 Å². The zero-order valence-electron chi connectivity index (χ0n) is 17.5. The largest absolute Gasteiger partial charge is 0.497 e. The highest BCUT2D eigenvalue weighted by molar-refractivity contribution is 5.97. The van der Waals surface area contributed by atoms with E-state index in [1.807, 2.05) is 18.2 Å². The molecular formula is C24H27N3O2. The number of nitrogens with zero attached hydrogens (tertiary/aromatic N) is 2. The Bertz CT molecular complexity index is 1120. The van der Waals surface area contributed by atoms with E-state index in [1.54, 1.807) is 13.4 Å². The minimum atomic E-state index is -0.0272. The van der Waals surface area contributed by atoms with Crippen LogP contribution in [0, 0.1) is 5.41 Å². The number of carbonyl (C=O) groups excluding carboxylic acids is 1. The summed E-state index contributed by atoms with van der Waals surface area (Å²) in [7, 11) is 1.71. The number of benzene rings is 2.